The molecule has 0 aliphatic heterocycles. The van der Waals surface area contributed by atoms with Crippen molar-refractivity contribution in [1.82, 2.24) is 15.1 Å². The Morgan fingerprint density at radius 1 is 1.10 bits per heavy atom. The molecule has 2 aromatic carbocycles. The quantitative estimate of drug-likeness (QED) is 0.553. The molecule has 0 radical (unpaired) electrons. The van der Waals surface area contributed by atoms with Gasteiger partial charge in [0.2, 0.25) is 11.0 Å². The van der Waals surface area contributed by atoms with Crippen molar-refractivity contribution in [2.45, 2.75) is 4.34 Å². The van der Waals surface area contributed by atoms with Crippen LogP contribution in [0.5, 0.6) is 0 Å². The van der Waals surface area contributed by atoms with E-state index in [9.17, 15) is 14.0 Å². The molecular formula is C19H18FN5O2S2. The first-order chi connectivity index (χ1) is 13.9. The normalized spacial score (nSPS) is 10.4. The summed E-state index contributed by atoms with van der Waals surface area (Å²) in [5, 5.41) is 14.0. The standard InChI is InChI=1S/C19H18FN5O2S2/c1-25(2)17(27)12-7-9-13(10-8-12)21-16(26)11-28-19-24-23-18(29-19)22-15-6-4-3-5-14(15)20/h3-10H,11H2,1-2H3,(H,21,26)(H,22,23). The van der Waals surface area contributed by atoms with Gasteiger partial charge < -0.3 is 15.5 Å². The van der Waals surface area contributed by atoms with Crippen LogP contribution in [0.4, 0.5) is 20.9 Å². The maximum absolute atomic E-state index is 13.7. The van der Waals surface area contributed by atoms with Crippen LogP contribution in [0.1, 0.15) is 10.4 Å². The van der Waals surface area contributed by atoms with Crippen LogP contribution in [0.2, 0.25) is 0 Å². The Morgan fingerprint density at radius 2 is 1.83 bits per heavy atom. The molecule has 3 aromatic rings. The van der Waals surface area contributed by atoms with E-state index in [1.165, 1.54) is 34.1 Å². The van der Waals surface area contributed by atoms with Crippen molar-refractivity contribution in [3.05, 3.63) is 59.9 Å². The highest BCUT2D eigenvalue weighted by molar-refractivity contribution is 8.01. The van der Waals surface area contributed by atoms with E-state index in [0.717, 1.165) is 0 Å². The number of nitrogens with zero attached hydrogens (tertiary/aromatic N) is 3. The van der Waals surface area contributed by atoms with Crippen LogP contribution in [-0.4, -0.2) is 46.8 Å². The zero-order valence-corrected chi connectivity index (χ0v) is 17.3. The van der Waals surface area contributed by atoms with Crippen LogP contribution in [0.15, 0.2) is 52.9 Å². The molecule has 3 rings (SSSR count). The monoisotopic (exact) mass is 431 g/mol. The zero-order valence-electron chi connectivity index (χ0n) is 15.7. The predicted molar refractivity (Wildman–Crippen MR) is 113 cm³/mol. The molecular weight excluding hydrogens is 413 g/mol. The van der Waals surface area contributed by atoms with E-state index < -0.39 is 0 Å². The van der Waals surface area contributed by atoms with Crippen LogP contribution in [0.3, 0.4) is 0 Å². The second-order valence-electron chi connectivity index (χ2n) is 6.09. The fourth-order valence-corrected chi connectivity index (χ4v) is 3.84. The number of para-hydroxylation sites is 1. The van der Waals surface area contributed by atoms with Gasteiger partial charge in [0.15, 0.2) is 4.34 Å². The van der Waals surface area contributed by atoms with Gasteiger partial charge in [-0.05, 0) is 36.4 Å². The lowest BCUT2D eigenvalue weighted by molar-refractivity contribution is -0.113. The molecule has 29 heavy (non-hydrogen) atoms. The van der Waals surface area contributed by atoms with Crippen molar-refractivity contribution in [2.75, 3.05) is 30.5 Å². The molecule has 0 saturated carbocycles. The summed E-state index contributed by atoms with van der Waals surface area (Å²) >= 11 is 2.47. The first kappa shape index (κ1) is 20.7. The summed E-state index contributed by atoms with van der Waals surface area (Å²) < 4.78 is 14.3. The number of anilines is 3. The summed E-state index contributed by atoms with van der Waals surface area (Å²) in [7, 11) is 3.36. The number of thioether (sulfide) groups is 1. The van der Waals surface area contributed by atoms with Gasteiger partial charge >= 0.3 is 0 Å². The minimum atomic E-state index is -0.380. The number of carbonyl (C=O) groups is 2. The number of amides is 2. The highest BCUT2D eigenvalue weighted by atomic mass is 32.2. The summed E-state index contributed by atoms with van der Waals surface area (Å²) in [5.74, 6) is -0.545. The third-order valence-corrected chi connectivity index (χ3v) is 5.64. The maximum Gasteiger partial charge on any atom is 0.253 e. The summed E-state index contributed by atoms with van der Waals surface area (Å²) in [4.78, 5) is 25.5. The summed E-state index contributed by atoms with van der Waals surface area (Å²) in [5.41, 5.74) is 1.46. The van der Waals surface area contributed by atoms with Gasteiger partial charge in [0, 0.05) is 25.3 Å². The summed E-state index contributed by atoms with van der Waals surface area (Å²) in [6.45, 7) is 0. The maximum atomic E-state index is 13.7. The number of nitrogens with one attached hydrogen (secondary N) is 2. The fourth-order valence-electron chi connectivity index (χ4n) is 2.28. The van der Waals surface area contributed by atoms with Crippen LogP contribution in [0, 0.1) is 5.82 Å². The number of hydrogen-bond donors (Lipinski definition) is 2. The summed E-state index contributed by atoms with van der Waals surface area (Å²) in [6.07, 6.45) is 0. The number of benzene rings is 2. The number of aromatic nitrogens is 2. The molecule has 0 atom stereocenters. The van der Waals surface area contributed by atoms with Gasteiger partial charge in [0.25, 0.3) is 5.91 Å². The van der Waals surface area contributed by atoms with Gasteiger partial charge in [-0.3, -0.25) is 9.59 Å². The minimum absolute atomic E-state index is 0.102. The Morgan fingerprint density at radius 3 is 2.52 bits per heavy atom. The average Bonchev–Trinajstić information content (AvgIpc) is 3.15. The molecule has 0 aliphatic rings. The van der Waals surface area contributed by atoms with E-state index in [-0.39, 0.29) is 23.4 Å². The molecule has 0 spiro atoms. The molecule has 0 fully saturated rings. The Labute approximate surface area is 175 Å². The van der Waals surface area contributed by atoms with Crippen molar-refractivity contribution in [3.8, 4) is 0 Å². The van der Waals surface area contributed by atoms with Crippen molar-refractivity contribution >= 4 is 51.4 Å². The lowest BCUT2D eigenvalue weighted by Gasteiger charge is -2.10. The van der Waals surface area contributed by atoms with Gasteiger partial charge in [0.1, 0.15) is 5.82 Å². The number of halogens is 1. The van der Waals surface area contributed by atoms with E-state index in [1.54, 1.807) is 56.6 Å². The third-order valence-electron chi connectivity index (χ3n) is 3.67. The molecule has 7 nitrogen and oxygen atoms in total. The SMILES string of the molecule is CN(C)C(=O)c1ccc(NC(=O)CSc2nnc(Nc3ccccc3F)s2)cc1. The lowest BCUT2D eigenvalue weighted by Crippen LogP contribution is -2.21. The van der Waals surface area contributed by atoms with E-state index >= 15 is 0 Å². The molecule has 150 valence electrons. The molecule has 2 N–H and O–H groups in total. The Bertz CT molecular complexity index is 1010. The van der Waals surface area contributed by atoms with Crippen molar-refractivity contribution < 1.29 is 14.0 Å². The average molecular weight is 432 g/mol. The zero-order chi connectivity index (χ0) is 20.8. The molecule has 0 unspecified atom stereocenters. The minimum Gasteiger partial charge on any atom is -0.345 e. The van der Waals surface area contributed by atoms with Crippen molar-refractivity contribution in [2.24, 2.45) is 0 Å². The van der Waals surface area contributed by atoms with Crippen LogP contribution in [-0.2, 0) is 4.79 Å². The topological polar surface area (TPSA) is 87.2 Å². The molecule has 1 aromatic heterocycles. The van der Waals surface area contributed by atoms with Gasteiger partial charge in [-0.15, -0.1) is 10.2 Å². The lowest BCUT2D eigenvalue weighted by atomic mass is 10.2. The number of hydrogen-bond acceptors (Lipinski definition) is 7. The predicted octanol–water partition coefficient (Wildman–Crippen LogP) is 3.85. The van der Waals surface area contributed by atoms with Gasteiger partial charge in [-0.25, -0.2) is 4.39 Å². The van der Waals surface area contributed by atoms with Gasteiger partial charge in [-0.1, -0.05) is 35.2 Å². The first-order valence-electron chi connectivity index (χ1n) is 8.52. The van der Waals surface area contributed by atoms with Crippen LogP contribution in [0.25, 0.3) is 0 Å². The Kier molecular flexibility index (Phi) is 6.78. The molecule has 0 bridgehead atoms. The van der Waals surface area contributed by atoms with Crippen LogP contribution >= 0.6 is 23.1 Å². The van der Waals surface area contributed by atoms with Gasteiger partial charge in [0.05, 0.1) is 11.4 Å². The van der Waals surface area contributed by atoms with E-state index in [4.69, 9.17) is 0 Å². The molecule has 10 heteroatoms. The van der Waals surface area contributed by atoms with E-state index in [1.807, 2.05) is 0 Å². The Hall–Kier alpha value is -2.98. The highest BCUT2D eigenvalue weighted by Crippen LogP contribution is 2.28. The van der Waals surface area contributed by atoms with E-state index in [2.05, 4.69) is 20.8 Å². The highest BCUT2D eigenvalue weighted by Gasteiger charge is 2.11. The largest absolute Gasteiger partial charge is 0.345 e. The second kappa shape index (κ2) is 9.48. The molecule has 0 aliphatic carbocycles. The number of rotatable bonds is 7. The third kappa shape index (κ3) is 5.75. The van der Waals surface area contributed by atoms with Gasteiger partial charge in [-0.2, -0.15) is 0 Å². The Balaban J connectivity index is 1.50. The number of carbonyl (C=O) groups excluding carboxylic acids is 2. The second-order valence-corrected chi connectivity index (χ2v) is 8.29. The van der Waals surface area contributed by atoms with Crippen molar-refractivity contribution in [3.63, 3.8) is 0 Å². The first-order valence-corrected chi connectivity index (χ1v) is 10.3. The van der Waals surface area contributed by atoms with E-state index in [0.29, 0.717) is 26.4 Å². The van der Waals surface area contributed by atoms with Crippen LogP contribution < -0.4 is 10.6 Å². The molecule has 2 amide bonds. The fraction of sp³-hybridized carbons (Fsp3) is 0.158. The summed E-state index contributed by atoms with van der Waals surface area (Å²) in [6, 6.07) is 13.0. The molecule has 0 saturated heterocycles. The molecule has 1 heterocycles. The smallest absolute Gasteiger partial charge is 0.253 e. The van der Waals surface area contributed by atoms with Crippen molar-refractivity contribution in [1.29, 1.82) is 0 Å².